The van der Waals surface area contributed by atoms with Crippen molar-refractivity contribution in [3.8, 4) is 0 Å². The number of aryl methyl sites for hydroxylation is 1. The van der Waals surface area contributed by atoms with E-state index in [4.69, 9.17) is 5.73 Å². The minimum Gasteiger partial charge on any atom is -0.347 e. The zero-order chi connectivity index (χ0) is 15.7. The molecule has 1 aromatic heterocycles. The Morgan fingerprint density at radius 2 is 2.05 bits per heavy atom. The average Bonchev–Trinajstić information content (AvgIpc) is 2.76. The van der Waals surface area contributed by atoms with Gasteiger partial charge in [0.05, 0.1) is 4.92 Å². The van der Waals surface area contributed by atoms with Gasteiger partial charge in [-0.15, -0.1) is 0 Å². The molecule has 2 atom stereocenters. The molecular weight excluding hydrogens is 270 g/mol. The Hall–Kier alpha value is -1.63. The molecule has 7 heteroatoms. The molecular formula is C14H25N5O2. The van der Waals surface area contributed by atoms with Crippen LogP contribution in [0.25, 0.3) is 0 Å². The zero-order valence-corrected chi connectivity index (χ0v) is 13.2. The number of nitrogens with zero attached hydrogens (tertiary/aromatic N) is 4. The molecule has 21 heavy (non-hydrogen) atoms. The van der Waals surface area contributed by atoms with Crippen LogP contribution < -0.4 is 10.6 Å². The summed E-state index contributed by atoms with van der Waals surface area (Å²) < 4.78 is 1.77. The number of nitro groups is 1. The molecule has 0 radical (unpaired) electrons. The first-order valence-electron chi connectivity index (χ1n) is 7.60. The van der Waals surface area contributed by atoms with Crippen LogP contribution >= 0.6 is 0 Å². The molecule has 1 aromatic rings. The van der Waals surface area contributed by atoms with E-state index in [1.807, 2.05) is 20.8 Å². The highest BCUT2D eigenvalue weighted by Gasteiger charge is 2.36. The number of aromatic nitrogens is 2. The average molecular weight is 295 g/mol. The van der Waals surface area contributed by atoms with Gasteiger partial charge in [-0.1, -0.05) is 0 Å². The summed E-state index contributed by atoms with van der Waals surface area (Å²) in [6.07, 6.45) is 3.12. The molecule has 1 saturated heterocycles. The third-order valence-corrected chi connectivity index (χ3v) is 4.13. The van der Waals surface area contributed by atoms with Gasteiger partial charge in [0.15, 0.2) is 0 Å². The van der Waals surface area contributed by atoms with E-state index in [0.29, 0.717) is 11.5 Å². The van der Waals surface area contributed by atoms with E-state index in [2.05, 4.69) is 10.00 Å². The van der Waals surface area contributed by atoms with Crippen LogP contribution in [0.1, 0.15) is 51.8 Å². The Balaban J connectivity index is 2.56. The van der Waals surface area contributed by atoms with Gasteiger partial charge in [-0.25, -0.2) is 4.68 Å². The third-order valence-electron chi connectivity index (χ3n) is 4.13. The van der Waals surface area contributed by atoms with Crippen LogP contribution in [-0.4, -0.2) is 33.3 Å². The van der Waals surface area contributed by atoms with Crippen LogP contribution in [0.4, 0.5) is 11.5 Å². The second-order valence-corrected chi connectivity index (χ2v) is 6.17. The number of piperidine rings is 1. The van der Waals surface area contributed by atoms with Crippen molar-refractivity contribution in [1.82, 2.24) is 9.78 Å². The predicted octanol–water partition coefficient (Wildman–Crippen LogP) is 2.39. The Bertz CT molecular complexity index is 524. The molecule has 0 bridgehead atoms. The Kier molecular flexibility index (Phi) is 4.51. The number of nitrogens with two attached hydrogens (primary N) is 1. The van der Waals surface area contributed by atoms with Crippen LogP contribution in [0.3, 0.4) is 0 Å². The summed E-state index contributed by atoms with van der Waals surface area (Å²) in [5.41, 5.74) is 6.70. The van der Waals surface area contributed by atoms with Crippen LogP contribution in [0.2, 0.25) is 0 Å². The van der Waals surface area contributed by atoms with E-state index < -0.39 is 0 Å². The van der Waals surface area contributed by atoms with Gasteiger partial charge >= 0.3 is 5.69 Å². The molecule has 0 saturated carbocycles. The maximum absolute atomic E-state index is 11.5. The number of rotatable bonds is 4. The summed E-state index contributed by atoms with van der Waals surface area (Å²) in [5, 5.41) is 15.9. The second-order valence-electron chi connectivity index (χ2n) is 6.17. The maximum Gasteiger partial charge on any atom is 0.333 e. The highest BCUT2D eigenvalue weighted by molar-refractivity contribution is 5.62. The van der Waals surface area contributed by atoms with E-state index in [1.165, 1.54) is 0 Å². The smallest absolute Gasteiger partial charge is 0.333 e. The normalized spacial score (nSPS) is 20.9. The van der Waals surface area contributed by atoms with Gasteiger partial charge in [-0.2, -0.15) is 5.10 Å². The summed E-state index contributed by atoms with van der Waals surface area (Å²) in [4.78, 5) is 13.3. The SMILES string of the molecule is Cc1nn(C(C)C)c(N2CCCCC2C(C)N)c1[N+](=O)[O-]. The first kappa shape index (κ1) is 15.8. The second kappa shape index (κ2) is 6.01. The molecule has 0 amide bonds. The predicted molar refractivity (Wildman–Crippen MR) is 82.6 cm³/mol. The Morgan fingerprint density at radius 1 is 1.38 bits per heavy atom. The summed E-state index contributed by atoms with van der Waals surface area (Å²) in [6.45, 7) is 8.45. The Labute approximate surface area is 125 Å². The van der Waals surface area contributed by atoms with Crippen LogP contribution in [-0.2, 0) is 0 Å². The minimum absolute atomic E-state index is 0.0271. The van der Waals surface area contributed by atoms with Crippen molar-refractivity contribution >= 4 is 11.5 Å². The van der Waals surface area contributed by atoms with E-state index in [9.17, 15) is 10.1 Å². The summed E-state index contributed by atoms with van der Waals surface area (Å²) >= 11 is 0. The minimum atomic E-state index is -0.316. The van der Waals surface area contributed by atoms with E-state index in [1.54, 1.807) is 11.6 Å². The summed E-state index contributed by atoms with van der Waals surface area (Å²) in [6, 6.07) is 0.176. The molecule has 0 aliphatic carbocycles. The van der Waals surface area contributed by atoms with Crippen LogP contribution in [0.15, 0.2) is 0 Å². The van der Waals surface area contributed by atoms with Gasteiger partial charge in [-0.05, 0) is 47.0 Å². The fourth-order valence-electron chi connectivity index (χ4n) is 3.14. The lowest BCUT2D eigenvalue weighted by Gasteiger charge is -2.39. The van der Waals surface area contributed by atoms with Gasteiger partial charge < -0.3 is 10.6 Å². The molecule has 2 heterocycles. The fourth-order valence-corrected chi connectivity index (χ4v) is 3.14. The van der Waals surface area contributed by atoms with Crippen molar-refractivity contribution < 1.29 is 4.92 Å². The summed E-state index contributed by atoms with van der Waals surface area (Å²) in [7, 11) is 0. The van der Waals surface area contributed by atoms with Crippen molar-refractivity contribution in [2.75, 3.05) is 11.4 Å². The molecule has 1 fully saturated rings. The number of hydrogen-bond donors (Lipinski definition) is 1. The van der Waals surface area contributed by atoms with Crippen molar-refractivity contribution in [1.29, 1.82) is 0 Å². The lowest BCUT2D eigenvalue weighted by atomic mass is 9.97. The molecule has 7 nitrogen and oxygen atoms in total. The van der Waals surface area contributed by atoms with Crippen molar-refractivity contribution in [3.05, 3.63) is 15.8 Å². The van der Waals surface area contributed by atoms with Crippen molar-refractivity contribution in [3.63, 3.8) is 0 Å². The van der Waals surface area contributed by atoms with E-state index >= 15 is 0 Å². The zero-order valence-electron chi connectivity index (χ0n) is 13.2. The largest absolute Gasteiger partial charge is 0.347 e. The summed E-state index contributed by atoms with van der Waals surface area (Å²) in [5.74, 6) is 0.620. The van der Waals surface area contributed by atoms with Crippen molar-refractivity contribution in [2.45, 2.75) is 65.1 Å². The van der Waals surface area contributed by atoms with E-state index in [0.717, 1.165) is 25.8 Å². The maximum atomic E-state index is 11.5. The highest BCUT2D eigenvalue weighted by atomic mass is 16.6. The standard InChI is InChI=1S/C14H25N5O2/c1-9(2)18-14(13(19(20)21)11(4)16-18)17-8-6-5-7-12(17)10(3)15/h9-10,12H,5-8,15H2,1-4H3. The highest BCUT2D eigenvalue weighted by Crippen LogP contribution is 2.37. The Morgan fingerprint density at radius 3 is 2.57 bits per heavy atom. The lowest BCUT2D eigenvalue weighted by Crippen LogP contribution is -2.50. The molecule has 1 aliphatic heterocycles. The molecule has 0 spiro atoms. The van der Waals surface area contributed by atoms with Crippen LogP contribution in [0, 0.1) is 17.0 Å². The number of hydrogen-bond acceptors (Lipinski definition) is 5. The van der Waals surface area contributed by atoms with Gasteiger partial charge in [0.1, 0.15) is 5.69 Å². The molecule has 2 N–H and O–H groups in total. The van der Waals surface area contributed by atoms with Gasteiger partial charge in [-0.3, -0.25) is 10.1 Å². The molecule has 118 valence electrons. The molecule has 0 aromatic carbocycles. The first-order chi connectivity index (χ1) is 9.84. The fraction of sp³-hybridized carbons (Fsp3) is 0.786. The molecule has 2 unspecified atom stereocenters. The first-order valence-corrected chi connectivity index (χ1v) is 7.60. The number of anilines is 1. The topological polar surface area (TPSA) is 90.2 Å². The molecule has 1 aliphatic rings. The lowest BCUT2D eigenvalue weighted by molar-refractivity contribution is -0.384. The van der Waals surface area contributed by atoms with Crippen LogP contribution in [0.5, 0.6) is 0 Å². The molecule has 2 rings (SSSR count). The van der Waals surface area contributed by atoms with E-state index in [-0.39, 0.29) is 28.7 Å². The quantitative estimate of drug-likeness (QED) is 0.680. The monoisotopic (exact) mass is 295 g/mol. The third kappa shape index (κ3) is 2.88. The van der Waals surface area contributed by atoms with Crippen molar-refractivity contribution in [2.24, 2.45) is 5.73 Å². The van der Waals surface area contributed by atoms with Gasteiger partial charge in [0, 0.05) is 24.7 Å². The van der Waals surface area contributed by atoms with Gasteiger partial charge in [0.2, 0.25) is 5.82 Å². The van der Waals surface area contributed by atoms with Gasteiger partial charge in [0.25, 0.3) is 0 Å².